The molecule has 0 unspecified atom stereocenters. The van der Waals surface area contributed by atoms with Crippen molar-refractivity contribution in [1.29, 1.82) is 0 Å². The van der Waals surface area contributed by atoms with E-state index >= 15 is 0 Å². The van der Waals surface area contributed by atoms with Crippen LogP contribution in [0.1, 0.15) is 0 Å². The lowest BCUT2D eigenvalue weighted by Crippen LogP contribution is -1.97. The van der Waals surface area contributed by atoms with Gasteiger partial charge in [-0.2, -0.15) is 0 Å². The van der Waals surface area contributed by atoms with Crippen LogP contribution in [0.2, 0.25) is 5.02 Å². The van der Waals surface area contributed by atoms with Crippen LogP contribution in [-0.2, 0) is 0 Å². The van der Waals surface area contributed by atoms with Gasteiger partial charge in [0.1, 0.15) is 10.2 Å². The van der Waals surface area contributed by atoms with Gasteiger partial charge in [0.2, 0.25) is 0 Å². The normalized spacial score (nSPS) is 10.8. The molecule has 5 nitrogen and oxygen atoms in total. The van der Waals surface area contributed by atoms with Crippen LogP contribution in [0.15, 0.2) is 47.1 Å². The lowest BCUT2D eigenvalue weighted by molar-refractivity contribution is -0.384. The molecule has 3 rings (SSSR count). The van der Waals surface area contributed by atoms with Crippen molar-refractivity contribution >= 4 is 44.1 Å². The molecule has 0 aliphatic carbocycles. The molecule has 0 fully saturated rings. The van der Waals surface area contributed by atoms with Crippen molar-refractivity contribution in [2.45, 2.75) is 0 Å². The first-order chi connectivity index (χ1) is 10.5. The minimum atomic E-state index is -0.494. The van der Waals surface area contributed by atoms with Gasteiger partial charge >= 0.3 is 0 Å². The predicted octanol–water partition coefficient (Wildman–Crippen LogP) is 4.93. The number of fused-ring (bicyclic) bond motifs is 1. The molecule has 110 valence electrons. The maximum absolute atomic E-state index is 11.5. The molecule has 22 heavy (non-hydrogen) atoms. The van der Waals surface area contributed by atoms with Gasteiger partial charge in [-0.05, 0) is 45.8 Å². The number of phenolic OH excluding ortho intramolecular Hbond substituents is 1. The average molecular weight is 380 g/mol. The molecule has 0 amide bonds. The lowest BCUT2D eigenvalue weighted by atomic mass is 9.99. The fourth-order valence-electron chi connectivity index (χ4n) is 2.30. The van der Waals surface area contributed by atoms with E-state index in [1.54, 1.807) is 30.5 Å². The zero-order valence-electron chi connectivity index (χ0n) is 11.0. The van der Waals surface area contributed by atoms with Crippen LogP contribution in [0.4, 0.5) is 5.69 Å². The molecular formula is C15H8BrClN2O3. The molecule has 0 radical (unpaired) electrons. The molecular weight excluding hydrogens is 372 g/mol. The van der Waals surface area contributed by atoms with Crippen LogP contribution in [0.25, 0.3) is 22.0 Å². The molecule has 0 bridgehead atoms. The number of hydrogen-bond donors (Lipinski definition) is 1. The number of aromatic hydroxyl groups is 1. The van der Waals surface area contributed by atoms with E-state index in [0.29, 0.717) is 22.0 Å². The zero-order chi connectivity index (χ0) is 15.9. The third kappa shape index (κ3) is 2.30. The molecule has 0 aliphatic rings. The Labute approximate surface area is 138 Å². The van der Waals surface area contributed by atoms with Gasteiger partial charge in [-0.25, -0.2) is 0 Å². The maximum atomic E-state index is 11.5. The van der Waals surface area contributed by atoms with Crippen LogP contribution in [-0.4, -0.2) is 15.0 Å². The molecule has 0 saturated heterocycles. The van der Waals surface area contributed by atoms with Crippen molar-refractivity contribution in [3.8, 4) is 16.9 Å². The van der Waals surface area contributed by atoms with Crippen LogP contribution in [0.5, 0.6) is 5.75 Å². The van der Waals surface area contributed by atoms with E-state index in [0.717, 1.165) is 0 Å². The van der Waals surface area contributed by atoms with Gasteiger partial charge in [-0.1, -0.05) is 23.7 Å². The van der Waals surface area contributed by atoms with Gasteiger partial charge in [0, 0.05) is 11.6 Å². The fraction of sp³-hybridized carbons (Fsp3) is 0. The van der Waals surface area contributed by atoms with E-state index in [4.69, 9.17) is 11.6 Å². The number of nitrogens with zero attached hydrogens (tertiary/aromatic N) is 2. The van der Waals surface area contributed by atoms with E-state index < -0.39 is 4.92 Å². The highest BCUT2D eigenvalue weighted by Crippen LogP contribution is 2.46. The summed E-state index contributed by atoms with van der Waals surface area (Å²) in [6, 6.07) is 9.61. The Kier molecular flexibility index (Phi) is 3.72. The standard InChI is InChI=1S/C15H8BrClN2O3/c16-12-13(17)10-2-1-7-18-14(10)11(15(12)19(21)22)8-3-5-9(20)6-4-8/h1-7,20H. The van der Waals surface area contributed by atoms with E-state index in [1.165, 1.54) is 12.1 Å². The van der Waals surface area contributed by atoms with Crippen LogP contribution in [0, 0.1) is 10.1 Å². The van der Waals surface area contributed by atoms with Gasteiger partial charge in [0.25, 0.3) is 5.69 Å². The molecule has 1 heterocycles. The Morgan fingerprint density at radius 2 is 1.91 bits per heavy atom. The molecule has 2 aromatic carbocycles. The first kappa shape index (κ1) is 14.7. The summed E-state index contributed by atoms with van der Waals surface area (Å²) >= 11 is 9.44. The second-order valence-corrected chi connectivity index (χ2v) is 5.73. The maximum Gasteiger partial charge on any atom is 0.295 e. The fourth-order valence-corrected chi connectivity index (χ4v) is 3.10. The van der Waals surface area contributed by atoms with E-state index in [9.17, 15) is 15.2 Å². The van der Waals surface area contributed by atoms with Gasteiger partial charge in [-0.3, -0.25) is 15.1 Å². The summed E-state index contributed by atoms with van der Waals surface area (Å²) in [5, 5.41) is 21.8. The van der Waals surface area contributed by atoms with Crippen molar-refractivity contribution in [1.82, 2.24) is 4.98 Å². The van der Waals surface area contributed by atoms with Crippen LogP contribution in [0.3, 0.4) is 0 Å². The highest BCUT2D eigenvalue weighted by molar-refractivity contribution is 9.10. The monoisotopic (exact) mass is 378 g/mol. The van der Waals surface area contributed by atoms with Gasteiger partial charge in [-0.15, -0.1) is 0 Å². The topological polar surface area (TPSA) is 76.3 Å². The van der Waals surface area contributed by atoms with Gasteiger partial charge in [0.05, 0.1) is 21.0 Å². The third-order valence-electron chi connectivity index (χ3n) is 3.26. The quantitative estimate of drug-likeness (QED) is 0.506. The number of rotatable bonds is 2. The van der Waals surface area contributed by atoms with Crippen molar-refractivity contribution in [2.75, 3.05) is 0 Å². The number of halogens is 2. The van der Waals surface area contributed by atoms with Crippen molar-refractivity contribution < 1.29 is 10.0 Å². The molecule has 3 aromatic rings. The van der Waals surface area contributed by atoms with Crippen molar-refractivity contribution in [3.63, 3.8) is 0 Å². The van der Waals surface area contributed by atoms with Crippen LogP contribution >= 0.6 is 27.5 Å². The number of benzene rings is 2. The number of phenols is 1. The summed E-state index contributed by atoms with van der Waals surface area (Å²) in [4.78, 5) is 15.3. The lowest BCUT2D eigenvalue weighted by Gasteiger charge is -2.11. The Morgan fingerprint density at radius 3 is 2.55 bits per heavy atom. The summed E-state index contributed by atoms with van der Waals surface area (Å²) < 4.78 is 0.211. The molecule has 0 spiro atoms. The summed E-state index contributed by atoms with van der Waals surface area (Å²) in [6.07, 6.45) is 1.56. The molecule has 0 aliphatic heterocycles. The first-order valence-electron chi connectivity index (χ1n) is 6.20. The zero-order valence-corrected chi connectivity index (χ0v) is 13.3. The first-order valence-corrected chi connectivity index (χ1v) is 7.37. The summed E-state index contributed by atoms with van der Waals surface area (Å²) in [6.45, 7) is 0. The largest absolute Gasteiger partial charge is 0.508 e. The summed E-state index contributed by atoms with van der Waals surface area (Å²) in [7, 11) is 0. The number of hydrogen-bond acceptors (Lipinski definition) is 4. The highest BCUT2D eigenvalue weighted by atomic mass is 79.9. The number of nitro benzene ring substituents is 1. The summed E-state index contributed by atoms with van der Waals surface area (Å²) in [5.41, 5.74) is 1.22. The molecule has 0 atom stereocenters. The van der Waals surface area contributed by atoms with E-state index in [-0.39, 0.29) is 20.9 Å². The SMILES string of the molecule is O=[N+]([O-])c1c(Br)c(Cl)c2cccnc2c1-c1ccc(O)cc1. The molecule has 1 aromatic heterocycles. The number of pyridine rings is 1. The number of aromatic nitrogens is 1. The third-order valence-corrected chi connectivity index (χ3v) is 4.65. The smallest absolute Gasteiger partial charge is 0.295 e. The average Bonchev–Trinajstić information content (AvgIpc) is 2.51. The minimum Gasteiger partial charge on any atom is -0.508 e. The Bertz CT molecular complexity index is 897. The molecule has 7 heteroatoms. The Morgan fingerprint density at radius 1 is 1.23 bits per heavy atom. The van der Waals surface area contributed by atoms with E-state index in [1.807, 2.05) is 0 Å². The highest BCUT2D eigenvalue weighted by Gasteiger charge is 2.27. The summed E-state index contributed by atoms with van der Waals surface area (Å²) in [5.74, 6) is 0.0803. The van der Waals surface area contributed by atoms with Crippen molar-refractivity contribution in [3.05, 3.63) is 62.2 Å². The Balaban J connectivity index is 2.50. The molecule has 1 N–H and O–H groups in total. The van der Waals surface area contributed by atoms with Gasteiger partial charge in [0.15, 0.2) is 0 Å². The second-order valence-electron chi connectivity index (χ2n) is 4.56. The second kappa shape index (κ2) is 5.55. The molecule has 0 saturated carbocycles. The predicted molar refractivity (Wildman–Crippen MR) is 88.2 cm³/mol. The Hall–Kier alpha value is -2.18. The van der Waals surface area contributed by atoms with Crippen molar-refractivity contribution in [2.24, 2.45) is 0 Å². The van der Waals surface area contributed by atoms with Crippen LogP contribution < -0.4 is 0 Å². The van der Waals surface area contributed by atoms with Gasteiger partial charge < -0.3 is 5.11 Å². The number of nitro groups is 1. The minimum absolute atomic E-state index is 0.0803. The van der Waals surface area contributed by atoms with E-state index in [2.05, 4.69) is 20.9 Å².